The summed E-state index contributed by atoms with van der Waals surface area (Å²) in [6.07, 6.45) is 6.08. The maximum atomic E-state index is 12.3. The fourth-order valence-corrected chi connectivity index (χ4v) is 3.60. The van der Waals surface area contributed by atoms with Gasteiger partial charge in [0.1, 0.15) is 5.75 Å². The standard InChI is InChI=1S/C23H23N3O3/c1-16-12-19(6-8-21(16)26-11-3-2-4-23(26)28)25-22(27)15-29-20-7-5-17-9-10-24-14-18(17)13-20/h5-10,12-14H,2-4,11,15H2,1H3,(H,25,27). The average Bonchev–Trinajstić information content (AvgIpc) is 2.73. The van der Waals surface area contributed by atoms with Gasteiger partial charge in [-0.05, 0) is 67.1 Å². The van der Waals surface area contributed by atoms with E-state index in [4.69, 9.17) is 4.74 Å². The van der Waals surface area contributed by atoms with Crippen LogP contribution in [0.15, 0.2) is 54.9 Å². The summed E-state index contributed by atoms with van der Waals surface area (Å²) >= 11 is 0. The molecule has 148 valence electrons. The molecule has 3 aromatic rings. The summed E-state index contributed by atoms with van der Waals surface area (Å²) in [4.78, 5) is 30.4. The zero-order chi connectivity index (χ0) is 20.2. The van der Waals surface area contributed by atoms with Gasteiger partial charge in [0.25, 0.3) is 5.91 Å². The van der Waals surface area contributed by atoms with Crippen molar-refractivity contribution < 1.29 is 14.3 Å². The van der Waals surface area contributed by atoms with Gasteiger partial charge in [0.2, 0.25) is 5.91 Å². The van der Waals surface area contributed by atoms with Gasteiger partial charge in [-0.2, -0.15) is 0 Å². The number of nitrogens with one attached hydrogen (secondary N) is 1. The lowest BCUT2D eigenvalue weighted by molar-refractivity contribution is -0.119. The number of ether oxygens (including phenoxy) is 1. The molecule has 2 aromatic carbocycles. The molecule has 0 spiro atoms. The van der Waals surface area contributed by atoms with Crippen molar-refractivity contribution in [3.05, 3.63) is 60.4 Å². The van der Waals surface area contributed by atoms with E-state index in [-0.39, 0.29) is 18.4 Å². The van der Waals surface area contributed by atoms with Gasteiger partial charge in [0.15, 0.2) is 6.61 Å². The molecule has 0 radical (unpaired) electrons. The van der Waals surface area contributed by atoms with Gasteiger partial charge in [-0.25, -0.2) is 0 Å². The predicted molar refractivity (Wildman–Crippen MR) is 113 cm³/mol. The van der Waals surface area contributed by atoms with Gasteiger partial charge >= 0.3 is 0 Å². The Hall–Kier alpha value is -3.41. The van der Waals surface area contributed by atoms with Crippen LogP contribution in [0.2, 0.25) is 0 Å². The minimum atomic E-state index is -0.238. The molecule has 2 heterocycles. The molecule has 0 atom stereocenters. The average molecular weight is 389 g/mol. The zero-order valence-corrected chi connectivity index (χ0v) is 16.4. The maximum absolute atomic E-state index is 12.3. The van der Waals surface area contributed by atoms with Crippen LogP contribution in [0.5, 0.6) is 5.75 Å². The molecule has 0 bridgehead atoms. The lowest BCUT2D eigenvalue weighted by Gasteiger charge is -2.28. The Morgan fingerprint density at radius 2 is 2.03 bits per heavy atom. The van der Waals surface area contributed by atoms with Gasteiger partial charge in [0.05, 0.1) is 0 Å². The SMILES string of the molecule is Cc1cc(NC(=O)COc2ccc3ccncc3c2)ccc1N1CCCCC1=O. The van der Waals surface area contributed by atoms with Crippen LogP contribution in [0.4, 0.5) is 11.4 Å². The monoisotopic (exact) mass is 389 g/mol. The second-order valence-electron chi connectivity index (χ2n) is 7.23. The first-order valence-electron chi connectivity index (χ1n) is 9.77. The first kappa shape index (κ1) is 18.9. The normalized spacial score (nSPS) is 14.1. The molecule has 2 amide bonds. The second kappa shape index (κ2) is 8.31. The van der Waals surface area contributed by atoms with Crippen molar-refractivity contribution in [1.82, 2.24) is 4.98 Å². The molecule has 4 rings (SSSR count). The second-order valence-corrected chi connectivity index (χ2v) is 7.23. The first-order valence-corrected chi connectivity index (χ1v) is 9.77. The number of nitrogens with zero attached hydrogens (tertiary/aromatic N) is 2. The molecule has 29 heavy (non-hydrogen) atoms. The van der Waals surface area contributed by atoms with Crippen LogP contribution in [-0.2, 0) is 9.59 Å². The molecule has 1 aromatic heterocycles. The Balaban J connectivity index is 1.37. The van der Waals surface area contributed by atoms with E-state index < -0.39 is 0 Å². The molecule has 1 aliphatic rings. The summed E-state index contributed by atoms with van der Waals surface area (Å²) in [6.45, 7) is 2.62. The van der Waals surface area contributed by atoms with Crippen LogP contribution in [0, 0.1) is 6.92 Å². The Labute approximate surface area is 169 Å². The third kappa shape index (κ3) is 4.37. The lowest BCUT2D eigenvalue weighted by atomic mass is 10.1. The quantitative estimate of drug-likeness (QED) is 0.714. The highest BCUT2D eigenvalue weighted by Crippen LogP contribution is 2.27. The van der Waals surface area contributed by atoms with Crippen molar-refractivity contribution in [3.63, 3.8) is 0 Å². The summed E-state index contributed by atoms with van der Waals surface area (Å²) in [5.74, 6) is 0.545. The van der Waals surface area contributed by atoms with E-state index in [2.05, 4.69) is 10.3 Å². The first-order chi connectivity index (χ1) is 14.1. The van der Waals surface area contributed by atoms with Crippen LogP contribution >= 0.6 is 0 Å². The van der Waals surface area contributed by atoms with Gasteiger partial charge in [-0.1, -0.05) is 6.07 Å². The number of piperidine rings is 1. The predicted octanol–water partition coefficient (Wildman–Crippen LogP) is 4.08. The highest BCUT2D eigenvalue weighted by atomic mass is 16.5. The Kier molecular flexibility index (Phi) is 5.42. The van der Waals surface area contributed by atoms with Crippen molar-refractivity contribution in [2.75, 3.05) is 23.4 Å². The van der Waals surface area contributed by atoms with E-state index in [1.54, 1.807) is 12.4 Å². The number of pyridine rings is 1. The molecule has 1 aliphatic heterocycles. The molecule has 0 saturated carbocycles. The van der Waals surface area contributed by atoms with Crippen LogP contribution in [0.1, 0.15) is 24.8 Å². The van der Waals surface area contributed by atoms with Gasteiger partial charge in [0, 0.05) is 42.1 Å². The third-order valence-corrected chi connectivity index (χ3v) is 5.08. The lowest BCUT2D eigenvalue weighted by Crippen LogP contribution is -2.35. The van der Waals surface area contributed by atoms with E-state index in [1.165, 1.54) is 0 Å². The van der Waals surface area contributed by atoms with Crippen LogP contribution in [-0.4, -0.2) is 29.9 Å². The molecule has 0 unspecified atom stereocenters. The number of hydrogen-bond acceptors (Lipinski definition) is 4. The van der Waals surface area contributed by atoms with Crippen LogP contribution in [0.3, 0.4) is 0 Å². The largest absolute Gasteiger partial charge is 0.484 e. The fraction of sp³-hybridized carbons (Fsp3) is 0.261. The number of fused-ring (bicyclic) bond motifs is 1. The van der Waals surface area contributed by atoms with Crippen molar-refractivity contribution >= 4 is 34.0 Å². The van der Waals surface area contributed by atoms with Gasteiger partial charge in [-0.3, -0.25) is 14.6 Å². The molecule has 6 nitrogen and oxygen atoms in total. The number of anilines is 2. The minimum absolute atomic E-state index is 0.0861. The summed E-state index contributed by atoms with van der Waals surface area (Å²) in [5, 5.41) is 4.88. The number of carbonyl (C=O) groups excluding carboxylic acids is 2. The maximum Gasteiger partial charge on any atom is 0.262 e. The van der Waals surface area contributed by atoms with Crippen molar-refractivity contribution in [2.24, 2.45) is 0 Å². The van der Waals surface area contributed by atoms with Crippen molar-refractivity contribution in [1.29, 1.82) is 0 Å². The van der Waals surface area contributed by atoms with Crippen molar-refractivity contribution in [2.45, 2.75) is 26.2 Å². The molecule has 1 saturated heterocycles. The van der Waals surface area contributed by atoms with E-state index in [1.807, 2.05) is 54.3 Å². The van der Waals surface area contributed by atoms with E-state index >= 15 is 0 Å². The Bertz CT molecular complexity index is 1060. The fourth-order valence-electron chi connectivity index (χ4n) is 3.60. The number of carbonyl (C=O) groups is 2. The molecular formula is C23H23N3O3. The van der Waals surface area contributed by atoms with E-state index in [0.29, 0.717) is 17.9 Å². The molecule has 1 fully saturated rings. The number of rotatable bonds is 5. The smallest absolute Gasteiger partial charge is 0.262 e. The molecule has 0 aliphatic carbocycles. The third-order valence-electron chi connectivity index (χ3n) is 5.08. The highest BCUT2D eigenvalue weighted by molar-refractivity contribution is 5.96. The molecular weight excluding hydrogens is 366 g/mol. The summed E-state index contributed by atoms with van der Waals surface area (Å²) in [7, 11) is 0. The van der Waals surface area contributed by atoms with E-state index in [9.17, 15) is 9.59 Å². The number of benzene rings is 2. The van der Waals surface area contributed by atoms with Gasteiger partial charge < -0.3 is 15.0 Å². The summed E-state index contributed by atoms with van der Waals surface area (Å²) < 4.78 is 5.62. The number of aryl methyl sites for hydroxylation is 1. The van der Waals surface area contributed by atoms with Gasteiger partial charge in [-0.15, -0.1) is 0 Å². The highest BCUT2D eigenvalue weighted by Gasteiger charge is 2.21. The minimum Gasteiger partial charge on any atom is -0.484 e. The Morgan fingerprint density at radius 1 is 1.14 bits per heavy atom. The van der Waals surface area contributed by atoms with Crippen LogP contribution in [0.25, 0.3) is 10.8 Å². The number of aromatic nitrogens is 1. The van der Waals surface area contributed by atoms with Crippen LogP contribution < -0.4 is 15.0 Å². The molecule has 1 N–H and O–H groups in total. The van der Waals surface area contributed by atoms with E-state index in [0.717, 1.165) is 41.4 Å². The summed E-state index contributed by atoms with van der Waals surface area (Å²) in [5.41, 5.74) is 2.56. The number of hydrogen-bond donors (Lipinski definition) is 1. The Morgan fingerprint density at radius 3 is 2.86 bits per heavy atom. The van der Waals surface area contributed by atoms with Crippen molar-refractivity contribution in [3.8, 4) is 5.75 Å². The zero-order valence-electron chi connectivity index (χ0n) is 16.4. The number of amides is 2. The summed E-state index contributed by atoms with van der Waals surface area (Å²) in [6, 6.07) is 13.2. The topological polar surface area (TPSA) is 71.5 Å². The molecule has 6 heteroatoms.